The molecule has 0 amide bonds. The van der Waals surface area contributed by atoms with E-state index in [1.54, 1.807) is 11.3 Å². The number of rotatable bonds is 4. The van der Waals surface area contributed by atoms with E-state index in [1.165, 1.54) is 11.1 Å². The average Bonchev–Trinajstić information content (AvgIpc) is 3.02. The first kappa shape index (κ1) is 13.2. The molecule has 1 aliphatic heterocycles. The second kappa shape index (κ2) is 4.86. The highest BCUT2D eigenvalue weighted by Gasteiger charge is 2.45. The predicted octanol–water partition coefficient (Wildman–Crippen LogP) is 4.32. The fraction of sp³-hybridized carbons (Fsp3) is 0.278. The molecule has 0 spiro atoms. The van der Waals surface area contributed by atoms with E-state index in [2.05, 4.69) is 41.1 Å². The van der Waals surface area contributed by atoms with Crippen molar-refractivity contribution < 1.29 is 9.47 Å². The van der Waals surface area contributed by atoms with Crippen molar-refractivity contribution in [3.63, 3.8) is 0 Å². The quantitative estimate of drug-likeness (QED) is 0.910. The summed E-state index contributed by atoms with van der Waals surface area (Å²) < 4.78 is 10.9. The Balaban J connectivity index is 1.39. The van der Waals surface area contributed by atoms with Crippen LogP contribution in [-0.2, 0) is 5.54 Å². The number of ether oxygens (including phenoxy) is 2. The Morgan fingerprint density at radius 3 is 2.91 bits per heavy atom. The van der Waals surface area contributed by atoms with Crippen LogP contribution in [0.25, 0.3) is 5.57 Å². The number of thiazole rings is 1. The maximum atomic E-state index is 5.51. The molecule has 1 fully saturated rings. The normalized spacial score (nSPS) is 19.7. The van der Waals surface area contributed by atoms with Crippen LogP contribution < -0.4 is 14.8 Å². The fourth-order valence-electron chi connectivity index (χ4n) is 3.13. The summed E-state index contributed by atoms with van der Waals surface area (Å²) in [7, 11) is 0. The third kappa shape index (κ3) is 2.23. The van der Waals surface area contributed by atoms with Crippen LogP contribution in [0.5, 0.6) is 11.5 Å². The maximum Gasteiger partial charge on any atom is 0.231 e. The second-order valence-corrected chi connectivity index (χ2v) is 7.00. The molecule has 0 saturated heterocycles. The monoisotopic (exact) mass is 324 g/mol. The summed E-state index contributed by atoms with van der Waals surface area (Å²) in [5.41, 5.74) is 3.63. The molecule has 1 aromatic heterocycles. The Bertz CT molecular complexity index is 833. The van der Waals surface area contributed by atoms with Gasteiger partial charge in [-0.15, -0.1) is 11.3 Å². The number of benzene rings is 1. The van der Waals surface area contributed by atoms with Crippen LogP contribution in [-0.4, -0.2) is 11.8 Å². The van der Waals surface area contributed by atoms with Gasteiger partial charge in [0.25, 0.3) is 0 Å². The molecule has 2 heterocycles. The topological polar surface area (TPSA) is 43.4 Å². The number of hydrogen-bond donors (Lipinski definition) is 1. The zero-order valence-corrected chi connectivity index (χ0v) is 13.4. The lowest BCUT2D eigenvalue weighted by Gasteiger charge is -2.17. The lowest BCUT2D eigenvalue weighted by atomic mass is 10.0. The number of fused-ring (bicyclic) bond motifs is 1. The van der Waals surface area contributed by atoms with Gasteiger partial charge in [0.2, 0.25) is 6.79 Å². The third-order valence-corrected chi connectivity index (χ3v) is 5.38. The summed E-state index contributed by atoms with van der Waals surface area (Å²) >= 11 is 1.68. The maximum absolute atomic E-state index is 5.51. The van der Waals surface area contributed by atoms with Crippen LogP contribution in [0.15, 0.2) is 41.8 Å². The van der Waals surface area contributed by atoms with Gasteiger partial charge in [-0.3, -0.25) is 0 Å². The fourth-order valence-corrected chi connectivity index (χ4v) is 3.96. The Kier molecular flexibility index (Phi) is 2.79. The van der Waals surface area contributed by atoms with Crippen LogP contribution in [0.1, 0.15) is 30.5 Å². The number of anilines is 1. The van der Waals surface area contributed by atoms with Gasteiger partial charge in [0, 0.05) is 5.38 Å². The largest absolute Gasteiger partial charge is 0.454 e. The minimum absolute atomic E-state index is 0.00158. The molecule has 2 aliphatic carbocycles. The van der Waals surface area contributed by atoms with Crippen molar-refractivity contribution in [1.82, 2.24) is 4.98 Å². The van der Waals surface area contributed by atoms with Gasteiger partial charge in [0.15, 0.2) is 16.6 Å². The van der Waals surface area contributed by atoms with Crippen LogP contribution in [0.2, 0.25) is 0 Å². The zero-order chi connectivity index (χ0) is 15.3. The Morgan fingerprint density at radius 2 is 2.09 bits per heavy atom. The molecule has 0 bridgehead atoms. The van der Waals surface area contributed by atoms with Gasteiger partial charge in [0.05, 0.1) is 11.2 Å². The Hall–Kier alpha value is -2.27. The molecule has 4 nitrogen and oxygen atoms in total. The zero-order valence-electron chi connectivity index (χ0n) is 12.5. The standard InChI is InChI=1S/C18H16N2O2S/c1-2-4-12(3-1)14-10-23-17(19-14)20-18(7-8-18)13-5-6-15-16(9-13)22-11-21-15/h1-3,5-6,9-10H,4,7-8,11H2,(H,19,20). The molecule has 1 aromatic carbocycles. The Morgan fingerprint density at radius 1 is 1.17 bits per heavy atom. The number of allylic oxidation sites excluding steroid dienone is 4. The number of aromatic nitrogens is 1. The number of hydrogen-bond acceptors (Lipinski definition) is 5. The van der Waals surface area contributed by atoms with Gasteiger partial charge in [-0.05, 0) is 42.5 Å². The first-order valence-electron chi connectivity index (χ1n) is 7.82. The first-order chi connectivity index (χ1) is 11.3. The van der Waals surface area contributed by atoms with E-state index in [1.807, 2.05) is 6.07 Å². The summed E-state index contributed by atoms with van der Waals surface area (Å²) in [6.45, 7) is 0.318. The van der Waals surface area contributed by atoms with Crippen molar-refractivity contribution >= 4 is 22.0 Å². The van der Waals surface area contributed by atoms with Crippen LogP contribution in [0, 0.1) is 0 Å². The molecule has 0 unspecified atom stereocenters. The summed E-state index contributed by atoms with van der Waals surface area (Å²) in [6, 6.07) is 6.23. The van der Waals surface area contributed by atoms with Gasteiger partial charge in [0.1, 0.15) is 0 Å². The molecule has 3 aliphatic rings. The van der Waals surface area contributed by atoms with E-state index < -0.39 is 0 Å². The highest BCUT2D eigenvalue weighted by atomic mass is 32.1. The predicted molar refractivity (Wildman–Crippen MR) is 90.9 cm³/mol. The molecule has 1 N–H and O–H groups in total. The van der Waals surface area contributed by atoms with Gasteiger partial charge in [-0.1, -0.05) is 24.3 Å². The van der Waals surface area contributed by atoms with Crippen molar-refractivity contribution in [2.45, 2.75) is 24.8 Å². The van der Waals surface area contributed by atoms with Crippen molar-refractivity contribution in [3.05, 3.63) is 53.1 Å². The lowest BCUT2D eigenvalue weighted by Crippen LogP contribution is -2.18. The molecule has 23 heavy (non-hydrogen) atoms. The second-order valence-electron chi connectivity index (χ2n) is 6.14. The first-order valence-corrected chi connectivity index (χ1v) is 8.70. The van der Waals surface area contributed by atoms with Crippen LogP contribution in [0.3, 0.4) is 0 Å². The van der Waals surface area contributed by atoms with E-state index >= 15 is 0 Å². The number of nitrogens with one attached hydrogen (secondary N) is 1. The van der Waals surface area contributed by atoms with Gasteiger partial charge in [-0.2, -0.15) is 0 Å². The summed E-state index contributed by atoms with van der Waals surface area (Å²) in [5, 5.41) is 6.77. The van der Waals surface area contributed by atoms with E-state index in [4.69, 9.17) is 14.5 Å². The Labute approximate surface area is 138 Å². The highest BCUT2D eigenvalue weighted by molar-refractivity contribution is 7.13. The summed E-state index contributed by atoms with van der Waals surface area (Å²) in [6.07, 6.45) is 9.62. The molecule has 1 saturated carbocycles. The molecule has 5 heteroatoms. The molecule has 5 rings (SSSR count). The molecule has 116 valence electrons. The van der Waals surface area contributed by atoms with Crippen molar-refractivity contribution in [1.29, 1.82) is 0 Å². The highest BCUT2D eigenvalue weighted by Crippen LogP contribution is 2.50. The molecule has 0 atom stereocenters. The summed E-state index contributed by atoms with van der Waals surface area (Å²) in [5.74, 6) is 1.68. The van der Waals surface area contributed by atoms with E-state index in [9.17, 15) is 0 Å². The van der Waals surface area contributed by atoms with Crippen molar-refractivity contribution in [3.8, 4) is 11.5 Å². The van der Waals surface area contributed by atoms with E-state index in [-0.39, 0.29) is 5.54 Å². The van der Waals surface area contributed by atoms with Gasteiger partial charge < -0.3 is 14.8 Å². The molecular weight excluding hydrogens is 308 g/mol. The summed E-state index contributed by atoms with van der Waals surface area (Å²) in [4.78, 5) is 4.76. The van der Waals surface area contributed by atoms with E-state index in [0.717, 1.165) is 41.6 Å². The van der Waals surface area contributed by atoms with Crippen LogP contribution in [0.4, 0.5) is 5.13 Å². The molecule has 2 aromatic rings. The molecule has 0 radical (unpaired) electrons. The van der Waals surface area contributed by atoms with Gasteiger partial charge in [-0.25, -0.2) is 4.98 Å². The van der Waals surface area contributed by atoms with Crippen LogP contribution >= 0.6 is 11.3 Å². The minimum atomic E-state index is -0.00158. The van der Waals surface area contributed by atoms with Crippen molar-refractivity contribution in [2.75, 3.05) is 12.1 Å². The number of nitrogens with zero attached hydrogens (tertiary/aromatic N) is 1. The molecular formula is C18H16N2O2S. The smallest absolute Gasteiger partial charge is 0.231 e. The minimum Gasteiger partial charge on any atom is -0.454 e. The average molecular weight is 324 g/mol. The van der Waals surface area contributed by atoms with Crippen molar-refractivity contribution in [2.24, 2.45) is 0 Å². The third-order valence-electron chi connectivity index (χ3n) is 4.63. The lowest BCUT2D eigenvalue weighted by molar-refractivity contribution is 0.174. The van der Waals surface area contributed by atoms with Gasteiger partial charge >= 0.3 is 0 Å². The SMILES string of the molecule is C1=CCC(c2csc(NC3(c4ccc5c(c4)OCO5)CC3)n2)=C1. The van der Waals surface area contributed by atoms with E-state index in [0.29, 0.717) is 6.79 Å².